The number of carbonyl (C=O) groups is 1. The number of nitro groups is 1. The lowest BCUT2D eigenvalue weighted by atomic mass is 9.86. The molecule has 1 N–H and O–H groups in total. The molecule has 6 heteroatoms. The second kappa shape index (κ2) is 7.47. The summed E-state index contributed by atoms with van der Waals surface area (Å²) in [5.74, 6) is -0.475. The molecule has 0 atom stereocenters. The molecule has 0 aliphatic rings. The molecule has 2 rings (SSSR count). The van der Waals surface area contributed by atoms with Crippen molar-refractivity contribution in [2.75, 3.05) is 0 Å². The number of amides is 1. The highest BCUT2D eigenvalue weighted by Gasteiger charge is 2.18. The van der Waals surface area contributed by atoms with Crippen molar-refractivity contribution < 1.29 is 9.72 Å². The van der Waals surface area contributed by atoms with Gasteiger partial charge in [-0.15, -0.1) is 0 Å². The quantitative estimate of drug-likeness (QED) is 0.503. The van der Waals surface area contributed by atoms with Crippen LogP contribution in [0.2, 0.25) is 0 Å². The number of hydrazone groups is 1. The second-order valence-corrected chi connectivity index (χ2v) is 7.17. The molecule has 0 saturated heterocycles. The van der Waals surface area contributed by atoms with E-state index in [1.54, 1.807) is 19.9 Å². The molecule has 0 radical (unpaired) electrons. The van der Waals surface area contributed by atoms with Crippen LogP contribution in [0.25, 0.3) is 0 Å². The van der Waals surface area contributed by atoms with Crippen molar-refractivity contribution in [1.29, 1.82) is 0 Å². The van der Waals surface area contributed by atoms with E-state index in [-0.39, 0.29) is 16.7 Å². The molecule has 0 aliphatic carbocycles. The molecule has 0 bridgehead atoms. The Balaban J connectivity index is 2.18. The molecule has 2 aromatic carbocycles. The number of benzene rings is 2. The molecular weight excluding hydrogens is 330 g/mol. The number of hydrogen-bond acceptors (Lipinski definition) is 4. The zero-order valence-corrected chi connectivity index (χ0v) is 15.7. The van der Waals surface area contributed by atoms with Gasteiger partial charge in [-0.3, -0.25) is 14.9 Å². The summed E-state index contributed by atoms with van der Waals surface area (Å²) in [4.78, 5) is 22.8. The fraction of sp³-hybridized carbons (Fsp3) is 0.300. The summed E-state index contributed by atoms with van der Waals surface area (Å²) in [7, 11) is 0. The van der Waals surface area contributed by atoms with Gasteiger partial charge in [0.2, 0.25) is 0 Å². The monoisotopic (exact) mass is 353 g/mol. The molecule has 0 heterocycles. The summed E-state index contributed by atoms with van der Waals surface area (Å²) < 4.78 is 0. The molecule has 0 spiro atoms. The lowest BCUT2D eigenvalue weighted by molar-refractivity contribution is -0.385. The first-order chi connectivity index (χ1) is 12.1. The van der Waals surface area contributed by atoms with Gasteiger partial charge in [-0.05, 0) is 36.5 Å². The zero-order valence-electron chi connectivity index (χ0n) is 15.7. The van der Waals surface area contributed by atoms with Crippen LogP contribution in [0.4, 0.5) is 5.69 Å². The van der Waals surface area contributed by atoms with Gasteiger partial charge in [-0.25, -0.2) is 5.43 Å². The molecule has 136 valence electrons. The summed E-state index contributed by atoms with van der Waals surface area (Å²) in [6.45, 7) is 9.78. The summed E-state index contributed by atoms with van der Waals surface area (Å²) >= 11 is 0. The summed E-state index contributed by atoms with van der Waals surface area (Å²) in [6, 6.07) is 12.4. The zero-order chi connectivity index (χ0) is 19.5. The first-order valence-corrected chi connectivity index (χ1v) is 8.31. The first kappa shape index (κ1) is 19.3. The number of hydrogen-bond donors (Lipinski definition) is 1. The topological polar surface area (TPSA) is 84.6 Å². The van der Waals surface area contributed by atoms with E-state index in [2.05, 4.69) is 31.3 Å². The van der Waals surface area contributed by atoms with Crippen LogP contribution in [0.1, 0.15) is 54.7 Å². The van der Waals surface area contributed by atoms with Gasteiger partial charge < -0.3 is 0 Å². The van der Waals surface area contributed by atoms with Gasteiger partial charge in [0, 0.05) is 11.6 Å². The number of carbonyl (C=O) groups excluding carboxylic acids is 1. The second-order valence-electron chi connectivity index (χ2n) is 7.17. The molecule has 0 aromatic heterocycles. The Bertz CT molecular complexity index is 863. The standard InChI is InChI=1S/C20H23N3O3/c1-13-17(7-6-8-18(13)23(25)26)19(24)22-21-14(2)15-9-11-16(12-10-15)20(3,4)5/h6-12H,1-5H3,(H,22,24)/b21-14-. The predicted octanol–water partition coefficient (Wildman–Crippen LogP) is 4.35. The van der Waals surface area contributed by atoms with Crippen LogP contribution >= 0.6 is 0 Å². The number of nitro benzene ring substituents is 1. The van der Waals surface area contributed by atoms with E-state index in [1.807, 2.05) is 24.3 Å². The molecule has 0 fully saturated rings. The third-order valence-electron chi connectivity index (χ3n) is 4.24. The highest BCUT2D eigenvalue weighted by atomic mass is 16.6. The number of rotatable bonds is 4. The minimum atomic E-state index is -0.503. The van der Waals surface area contributed by atoms with Gasteiger partial charge in [0.25, 0.3) is 11.6 Å². The van der Waals surface area contributed by atoms with E-state index in [4.69, 9.17) is 0 Å². The van der Waals surface area contributed by atoms with Crippen LogP contribution in [0.15, 0.2) is 47.6 Å². The summed E-state index contributed by atoms with van der Waals surface area (Å²) in [5, 5.41) is 15.1. The Labute approximate surface area is 153 Å². The first-order valence-electron chi connectivity index (χ1n) is 8.31. The van der Waals surface area contributed by atoms with Crippen LogP contribution in [0, 0.1) is 17.0 Å². The maximum Gasteiger partial charge on any atom is 0.273 e. The molecule has 0 saturated carbocycles. The summed E-state index contributed by atoms with van der Waals surface area (Å²) in [5.41, 5.74) is 5.77. The normalized spacial score (nSPS) is 12.0. The van der Waals surface area contributed by atoms with Crippen LogP contribution in [0.3, 0.4) is 0 Å². The van der Waals surface area contributed by atoms with E-state index in [0.717, 1.165) is 5.56 Å². The SMILES string of the molecule is C/C(=N/NC(=O)c1cccc([N+](=O)[O-])c1C)c1ccc(C(C)(C)C)cc1. The van der Waals surface area contributed by atoms with Crippen LogP contribution in [-0.4, -0.2) is 16.5 Å². The van der Waals surface area contributed by atoms with Gasteiger partial charge in [0.05, 0.1) is 16.2 Å². The Morgan fingerprint density at radius 1 is 1.12 bits per heavy atom. The van der Waals surface area contributed by atoms with Gasteiger partial charge in [0.15, 0.2) is 0 Å². The van der Waals surface area contributed by atoms with E-state index >= 15 is 0 Å². The largest absolute Gasteiger partial charge is 0.273 e. The van der Waals surface area contributed by atoms with E-state index in [9.17, 15) is 14.9 Å². The van der Waals surface area contributed by atoms with Crippen molar-refractivity contribution in [3.8, 4) is 0 Å². The Hall–Kier alpha value is -3.02. The van der Waals surface area contributed by atoms with Gasteiger partial charge >= 0.3 is 0 Å². The maximum atomic E-state index is 12.3. The highest BCUT2D eigenvalue weighted by Crippen LogP contribution is 2.23. The lowest BCUT2D eigenvalue weighted by Gasteiger charge is -2.19. The van der Waals surface area contributed by atoms with E-state index in [1.165, 1.54) is 17.7 Å². The Morgan fingerprint density at radius 2 is 1.73 bits per heavy atom. The van der Waals surface area contributed by atoms with Crippen molar-refractivity contribution in [3.05, 3.63) is 74.8 Å². The molecule has 2 aromatic rings. The predicted molar refractivity (Wildman–Crippen MR) is 103 cm³/mol. The smallest absolute Gasteiger partial charge is 0.267 e. The van der Waals surface area contributed by atoms with Crippen molar-refractivity contribution >= 4 is 17.3 Å². The molecule has 1 amide bonds. The third-order valence-corrected chi connectivity index (χ3v) is 4.24. The average molecular weight is 353 g/mol. The van der Waals surface area contributed by atoms with Crippen LogP contribution < -0.4 is 5.43 Å². The van der Waals surface area contributed by atoms with E-state index in [0.29, 0.717) is 11.3 Å². The Morgan fingerprint density at radius 3 is 2.27 bits per heavy atom. The van der Waals surface area contributed by atoms with Gasteiger partial charge in [-0.2, -0.15) is 5.10 Å². The van der Waals surface area contributed by atoms with Crippen molar-refractivity contribution in [2.24, 2.45) is 5.10 Å². The average Bonchev–Trinajstić information content (AvgIpc) is 2.58. The third kappa shape index (κ3) is 4.33. The van der Waals surface area contributed by atoms with Crippen LogP contribution in [-0.2, 0) is 5.41 Å². The van der Waals surface area contributed by atoms with Gasteiger partial charge in [-0.1, -0.05) is 51.1 Å². The van der Waals surface area contributed by atoms with Crippen molar-refractivity contribution in [1.82, 2.24) is 5.43 Å². The minimum Gasteiger partial charge on any atom is -0.267 e. The van der Waals surface area contributed by atoms with Crippen molar-refractivity contribution in [2.45, 2.75) is 40.0 Å². The number of nitrogens with zero attached hydrogens (tertiary/aromatic N) is 2. The van der Waals surface area contributed by atoms with Gasteiger partial charge in [0.1, 0.15) is 0 Å². The Kier molecular flexibility index (Phi) is 5.55. The minimum absolute atomic E-state index is 0.0668. The van der Waals surface area contributed by atoms with E-state index < -0.39 is 10.8 Å². The molecule has 0 aliphatic heterocycles. The fourth-order valence-electron chi connectivity index (χ4n) is 2.54. The highest BCUT2D eigenvalue weighted by molar-refractivity contribution is 6.01. The molecule has 0 unspecified atom stereocenters. The number of nitrogens with one attached hydrogen (secondary N) is 1. The van der Waals surface area contributed by atoms with Crippen molar-refractivity contribution in [3.63, 3.8) is 0 Å². The molecule has 6 nitrogen and oxygen atoms in total. The summed E-state index contributed by atoms with van der Waals surface area (Å²) in [6.07, 6.45) is 0. The maximum absolute atomic E-state index is 12.3. The molecule has 26 heavy (non-hydrogen) atoms. The lowest BCUT2D eigenvalue weighted by Crippen LogP contribution is -2.20. The van der Waals surface area contributed by atoms with Crippen LogP contribution in [0.5, 0.6) is 0 Å². The fourth-order valence-corrected chi connectivity index (χ4v) is 2.54. The molecular formula is C20H23N3O3.